The van der Waals surface area contributed by atoms with Crippen molar-refractivity contribution in [3.05, 3.63) is 95.1 Å². The molecule has 9 rings (SSSR count). The predicted molar refractivity (Wildman–Crippen MR) is 175 cm³/mol. The van der Waals surface area contributed by atoms with Crippen LogP contribution in [0.1, 0.15) is 101 Å². The van der Waals surface area contributed by atoms with Crippen molar-refractivity contribution in [1.82, 2.24) is 0 Å². The first-order valence-electron chi connectivity index (χ1n) is 16.6. The molecule has 0 aromatic heterocycles. The first-order valence-corrected chi connectivity index (χ1v) is 16.6. The Morgan fingerprint density at radius 3 is 1.33 bits per heavy atom. The molecule has 2 fully saturated rings. The highest BCUT2D eigenvalue weighted by Gasteiger charge is 2.56. The highest BCUT2D eigenvalue weighted by Crippen LogP contribution is 2.58. The maximum Gasteiger partial charge on any atom is 0.124 e. The molecule has 4 unspecified atom stereocenters. The van der Waals surface area contributed by atoms with E-state index in [-0.39, 0.29) is 22.0 Å². The summed E-state index contributed by atoms with van der Waals surface area (Å²) in [7, 11) is 0. The number of benzene rings is 4. The van der Waals surface area contributed by atoms with Gasteiger partial charge in [0.1, 0.15) is 22.7 Å². The van der Waals surface area contributed by atoms with Gasteiger partial charge in [-0.3, -0.25) is 0 Å². The molecule has 0 saturated heterocycles. The van der Waals surface area contributed by atoms with Gasteiger partial charge in [-0.05, 0) is 128 Å². The maximum atomic E-state index is 6.61. The van der Waals surface area contributed by atoms with Crippen molar-refractivity contribution in [2.24, 2.45) is 0 Å². The number of rotatable bonds is 2. The third kappa shape index (κ3) is 3.41. The zero-order valence-corrected chi connectivity index (χ0v) is 26.1. The number of ether oxygens (including phenoxy) is 2. The first-order chi connectivity index (χ1) is 20.7. The minimum absolute atomic E-state index is 0.0802. The molecular formula is C41H42O2. The average molecular weight is 567 g/mol. The quantitative estimate of drug-likeness (QED) is 0.212. The highest BCUT2D eigenvalue weighted by atomic mass is 16.5. The summed E-state index contributed by atoms with van der Waals surface area (Å²) in [5, 5.41) is 0. The lowest BCUT2D eigenvalue weighted by atomic mass is 9.63. The molecule has 0 bridgehead atoms. The Morgan fingerprint density at radius 2 is 0.860 bits per heavy atom. The second-order valence-corrected chi connectivity index (χ2v) is 15.1. The molecule has 0 amide bonds. The van der Waals surface area contributed by atoms with Crippen LogP contribution in [0.15, 0.2) is 72.8 Å². The third-order valence-electron chi connectivity index (χ3n) is 12.9. The molecule has 2 aliphatic heterocycles. The molecule has 0 radical (unpaired) electrons. The monoisotopic (exact) mass is 566 g/mol. The van der Waals surface area contributed by atoms with Gasteiger partial charge >= 0.3 is 0 Å². The normalized spacial score (nSPS) is 31.2. The molecule has 2 saturated carbocycles. The van der Waals surface area contributed by atoms with Crippen molar-refractivity contribution in [2.75, 3.05) is 0 Å². The van der Waals surface area contributed by atoms with Gasteiger partial charge in [-0.15, -0.1) is 0 Å². The highest BCUT2D eigenvalue weighted by molar-refractivity contribution is 5.83. The van der Waals surface area contributed by atoms with Gasteiger partial charge in [0.25, 0.3) is 0 Å². The Bertz CT molecular complexity index is 1700. The van der Waals surface area contributed by atoms with Crippen molar-refractivity contribution < 1.29 is 9.47 Å². The van der Waals surface area contributed by atoms with E-state index in [1.807, 2.05) is 0 Å². The lowest BCUT2D eigenvalue weighted by Gasteiger charge is -2.43. The van der Waals surface area contributed by atoms with Gasteiger partial charge in [0, 0.05) is 22.0 Å². The lowest BCUT2D eigenvalue weighted by Crippen LogP contribution is -2.49. The van der Waals surface area contributed by atoms with E-state index in [0.717, 1.165) is 30.8 Å². The molecule has 5 aliphatic rings. The molecule has 218 valence electrons. The van der Waals surface area contributed by atoms with Crippen molar-refractivity contribution in [3.63, 3.8) is 0 Å². The molecule has 4 aromatic rings. The molecule has 0 N–H and O–H groups in total. The van der Waals surface area contributed by atoms with E-state index in [1.165, 1.54) is 94.2 Å². The molecule has 2 heterocycles. The van der Waals surface area contributed by atoms with Gasteiger partial charge in [0.2, 0.25) is 0 Å². The van der Waals surface area contributed by atoms with Crippen LogP contribution in [0.5, 0.6) is 11.5 Å². The Labute approximate surface area is 256 Å². The Kier molecular flexibility index (Phi) is 5.16. The van der Waals surface area contributed by atoms with Gasteiger partial charge in [-0.1, -0.05) is 75.2 Å². The fraction of sp³-hybridized carbons (Fsp3) is 0.415. The smallest absolute Gasteiger partial charge is 0.124 e. The van der Waals surface area contributed by atoms with Crippen molar-refractivity contribution in [2.45, 2.75) is 108 Å². The van der Waals surface area contributed by atoms with Crippen LogP contribution in [0, 0.1) is 0 Å². The van der Waals surface area contributed by atoms with E-state index >= 15 is 0 Å². The number of hydrogen-bond acceptors (Lipinski definition) is 2. The van der Waals surface area contributed by atoms with Crippen LogP contribution in [-0.4, -0.2) is 11.2 Å². The second-order valence-electron chi connectivity index (χ2n) is 15.1. The van der Waals surface area contributed by atoms with Crippen molar-refractivity contribution in [1.29, 1.82) is 0 Å². The van der Waals surface area contributed by atoms with Crippen LogP contribution in [0.2, 0.25) is 0 Å². The van der Waals surface area contributed by atoms with Crippen LogP contribution in [0.25, 0.3) is 33.4 Å². The molecule has 0 spiro atoms. The van der Waals surface area contributed by atoms with E-state index in [4.69, 9.17) is 9.47 Å². The standard InChI is InChI=1S/C41H42O2/c1-38-17-5-7-19-40(38,3)42-36-15-11-28(24-34(36)38)26-9-13-32-30(21-26)23-31-22-27(10-14-33(31)32)29-12-16-37-35(25-29)39(2)18-6-8-20-41(39,4)43-37/h9-16,21-22,24-25H,5-8,17-20,23H2,1-4H3. The fourth-order valence-electron chi connectivity index (χ4n) is 9.64. The van der Waals surface area contributed by atoms with Gasteiger partial charge in [-0.25, -0.2) is 0 Å². The molecular weight excluding hydrogens is 524 g/mol. The molecule has 43 heavy (non-hydrogen) atoms. The SMILES string of the molecule is CC12CCCCC1(C)c1cc(-c3ccc4c(c3)Cc3cc(-c5ccc6c(c5)C5(C)CCCCC5(C)O6)ccc3-4)ccc1O2. The summed E-state index contributed by atoms with van der Waals surface area (Å²) in [6.45, 7) is 9.52. The van der Waals surface area contributed by atoms with Crippen LogP contribution < -0.4 is 9.47 Å². The van der Waals surface area contributed by atoms with Crippen LogP contribution in [-0.2, 0) is 17.3 Å². The van der Waals surface area contributed by atoms with E-state index in [2.05, 4.69) is 100 Å². The van der Waals surface area contributed by atoms with E-state index in [9.17, 15) is 0 Å². The molecule has 4 atom stereocenters. The average Bonchev–Trinajstić information content (AvgIpc) is 3.57. The summed E-state index contributed by atoms with van der Waals surface area (Å²) in [6, 6.07) is 28.1. The molecule has 2 nitrogen and oxygen atoms in total. The summed E-state index contributed by atoms with van der Waals surface area (Å²) < 4.78 is 13.2. The van der Waals surface area contributed by atoms with Crippen molar-refractivity contribution in [3.8, 4) is 44.9 Å². The van der Waals surface area contributed by atoms with Gasteiger partial charge < -0.3 is 9.47 Å². The van der Waals surface area contributed by atoms with Gasteiger partial charge in [0.15, 0.2) is 0 Å². The summed E-state index contributed by atoms with van der Waals surface area (Å²) in [5.41, 5.74) is 13.7. The summed E-state index contributed by atoms with van der Waals surface area (Å²) in [6.07, 6.45) is 10.8. The van der Waals surface area contributed by atoms with Gasteiger partial charge in [0.05, 0.1) is 0 Å². The Hall–Kier alpha value is -3.52. The van der Waals surface area contributed by atoms with Crippen LogP contribution in [0.3, 0.4) is 0 Å². The van der Waals surface area contributed by atoms with Crippen LogP contribution in [0.4, 0.5) is 0 Å². The summed E-state index contributed by atoms with van der Waals surface area (Å²) in [5.74, 6) is 2.19. The molecule has 3 aliphatic carbocycles. The third-order valence-corrected chi connectivity index (χ3v) is 12.9. The van der Waals surface area contributed by atoms with E-state index < -0.39 is 0 Å². The summed E-state index contributed by atoms with van der Waals surface area (Å²) >= 11 is 0. The summed E-state index contributed by atoms with van der Waals surface area (Å²) in [4.78, 5) is 0. The molecule has 2 heteroatoms. The predicted octanol–water partition coefficient (Wildman–Crippen LogP) is 10.6. The number of fused-ring (bicyclic) bond motifs is 9. The Balaban J connectivity index is 1.03. The fourth-order valence-corrected chi connectivity index (χ4v) is 9.64. The zero-order valence-electron chi connectivity index (χ0n) is 26.1. The lowest BCUT2D eigenvalue weighted by molar-refractivity contribution is 0.00727. The first kappa shape index (κ1) is 25.9. The van der Waals surface area contributed by atoms with Crippen LogP contribution >= 0.6 is 0 Å². The number of hydrogen-bond donors (Lipinski definition) is 0. The second kappa shape index (κ2) is 8.56. The minimum Gasteiger partial charge on any atom is -0.486 e. The van der Waals surface area contributed by atoms with E-state index in [0.29, 0.717) is 0 Å². The largest absolute Gasteiger partial charge is 0.486 e. The topological polar surface area (TPSA) is 18.5 Å². The minimum atomic E-state index is -0.0802. The van der Waals surface area contributed by atoms with E-state index in [1.54, 1.807) is 0 Å². The van der Waals surface area contributed by atoms with Gasteiger partial charge in [-0.2, -0.15) is 0 Å². The molecule has 4 aromatic carbocycles. The zero-order chi connectivity index (χ0) is 29.2. The van der Waals surface area contributed by atoms with Crippen molar-refractivity contribution >= 4 is 0 Å². The Morgan fingerprint density at radius 1 is 0.465 bits per heavy atom. The maximum absolute atomic E-state index is 6.61.